The SMILES string of the molecule is COC(=O)c1c(COC(=O)C(C)(C)C)c(C=O)c(OC)c(C/C=C(\C)CCC=C(C)C)c1OC. The predicted molar refractivity (Wildman–Crippen MR) is 132 cm³/mol. The van der Waals surface area contributed by atoms with Crippen LogP contribution in [-0.4, -0.2) is 39.6 Å². The molecule has 0 fully saturated rings. The molecule has 1 aromatic rings. The van der Waals surface area contributed by atoms with E-state index in [1.165, 1.54) is 26.9 Å². The maximum atomic E-state index is 12.8. The van der Waals surface area contributed by atoms with Crippen LogP contribution in [0.4, 0.5) is 0 Å². The van der Waals surface area contributed by atoms with E-state index in [0.717, 1.165) is 18.4 Å². The highest BCUT2D eigenvalue weighted by molar-refractivity contribution is 5.99. The zero-order valence-electron chi connectivity index (χ0n) is 21.9. The number of rotatable bonds is 11. The van der Waals surface area contributed by atoms with Gasteiger partial charge in [0.2, 0.25) is 0 Å². The first kappa shape index (κ1) is 28.9. The van der Waals surface area contributed by atoms with Crippen LogP contribution in [0.3, 0.4) is 0 Å². The number of hydrogen-bond acceptors (Lipinski definition) is 7. The van der Waals surface area contributed by atoms with E-state index in [-0.39, 0.29) is 34.8 Å². The number of ether oxygens (including phenoxy) is 4. The maximum Gasteiger partial charge on any atom is 0.342 e. The summed E-state index contributed by atoms with van der Waals surface area (Å²) in [5.41, 5.74) is 2.54. The van der Waals surface area contributed by atoms with Gasteiger partial charge in [0, 0.05) is 11.1 Å². The Labute approximate surface area is 203 Å². The van der Waals surface area contributed by atoms with E-state index in [1.54, 1.807) is 20.8 Å². The second-order valence-corrected chi connectivity index (χ2v) is 9.32. The van der Waals surface area contributed by atoms with E-state index in [0.29, 0.717) is 18.3 Å². The van der Waals surface area contributed by atoms with Gasteiger partial charge in [-0.1, -0.05) is 23.3 Å². The van der Waals surface area contributed by atoms with Crippen LogP contribution >= 0.6 is 0 Å². The van der Waals surface area contributed by atoms with Crippen LogP contribution in [0.1, 0.15) is 86.2 Å². The minimum Gasteiger partial charge on any atom is -0.496 e. The molecule has 1 rings (SSSR count). The molecule has 0 saturated carbocycles. The summed E-state index contributed by atoms with van der Waals surface area (Å²) in [7, 11) is 4.12. The average molecular weight is 475 g/mol. The third-order valence-electron chi connectivity index (χ3n) is 5.27. The Morgan fingerprint density at radius 1 is 0.912 bits per heavy atom. The van der Waals surface area contributed by atoms with Gasteiger partial charge in [-0.15, -0.1) is 0 Å². The van der Waals surface area contributed by atoms with Crippen LogP contribution in [0.5, 0.6) is 11.5 Å². The lowest BCUT2D eigenvalue weighted by Crippen LogP contribution is -2.24. The molecular weight excluding hydrogens is 436 g/mol. The van der Waals surface area contributed by atoms with Crippen molar-refractivity contribution in [1.82, 2.24) is 0 Å². The summed E-state index contributed by atoms with van der Waals surface area (Å²) in [6, 6.07) is 0. The fraction of sp³-hybridized carbons (Fsp3) is 0.519. The van der Waals surface area contributed by atoms with E-state index in [4.69, 9.17) is 18.9 Å². The molecule has 1 aromatic carbocycles. The fourth-order valence-corrected chi connectivity index (χ4v) is 3.38. The first-order valence-electron chi connectivity index (χ1n) is 11.2. The summed E-state index contributed by atoms with van der Waals surface area (Å²) in [5.74, 6) is -0.675. The molecule has 0 aliphatic carbocycles. The van der Waals surface area contributed by atoms with Crippen LogP contribution in [0.25, 0.3) is 0 Å². The highest BCUT2D eigenvalue weighted by atomic mass is 16.5. The third kappa shape index (κ3) is 7.47. The number of allylic oxidation sites excluding steroid dienone is 4. The van der Waals surface area contributed by atoms with Gasteiger partial charge in [-0.2, -0.15) is 0 Å². The van der Waals surface area contributed by atoms with Crippen molar-refractivity contribution in [3.63, 3.8) is 0 Å². The Hall–Kier alpha value is -3.09. The van der Waals surface area contributed by atoms with Gasteiger partial charge in [0.25, 0.3) is 0 Å². The Morgan fingerprint density at radius 3 is 2.00 bits per heavy atom. The first-order chi connectivity index (χ1) is 15.9. The molecule has 34 heavy (non-hydrogen) atoms. The highest BCUT2D eigenvalue weighted by Crippen LogP contribution is 2.40. The van der Waals surface area contributed by atoms with Gasteiger partial charge in [-0.05, 0) is 60.8 Å². The molecule has 0 aliphatic heterocycles. The first-order valence-corrected chi connectivity index (χ1v) is 11.2. The van der Waals surface area contributed by atoms with Gasteiger partial charge in [-0.25, -0.2) is 4.79 Å². The molecule has 7 heteroatoms. The molecule has 0 radical (unpaired) electrons. The highest BCUT2D eigenvalue weighted by Gasteiger charge is 2.31. The second kappa shape index (κ2) is 13.0. The Bertz CT molecular complexity index is 958. The monoisotopic (exact) mass is 474 g/mol. The van der Waals surface area contributed by atoms with Crippen molar-refractivity contribution in [3.8, 4) is 11.5 Å². The number of methoxy groups -OCH3 is 3. The van der Waals surface area contributed by atoms with Crippen LogP contribution in [0, 0.1) is 5.41 Å². The van der Waals surface area contributed by atoms with Gasteiger partial charge in [-0.3, -0.25) is 9.59 Å². The molecule has 0 heterocycles. The largest absolute Gasteiger partial charge is 0.496 e. The maximum absolute atomic E-state index is 12.8. The second-order valence-electron chi connectivity index (χ2n) is 9.32. The van der Waals surface area contributed by atoms with Crippen LogP contribution < -0.4 is 9.47 Å². The Balaban J connectivity index is 3.64. The number of benzene rings is 1. The van der Waals surface area contributed by atoms with Crippen molar-refractivity contribution < 1.29 is 33.3 Å². The summed E-state index contributed by atoms with van der Waals surface area (Å²) in [6.45, 7) is 11.0. The summed E-state index contributed by atoms with van der Waals surface area (Å²) < 4.78 is 21.6. The molecule has 0 amide bonds. The quantitative estimate of drug-likeness (QED) is 0.233. The lowest BCUT2D eigenvalue weighted by molar-refractivity contribution is -0.154. The number of hydrogen-bond donors (Lipinski definition) is 0. The molecule has 188 valence electrons. The minimum atomic E-state index is -0.755. The van der Waals surface area contributed by atoms with Gasteiger partial charge >= 0.3 is 11.9 Å². The normalized spacial score (nSPS) is 11.5. The van der Waals surface area contributed by atoms with E-state index in [9.17, 15) is 14.4 Å². The van der Waals surface area contributed by atoms with Gasteiger partial charge in [0.1, 0.15) is 23.7 Å². The van der Waals surface area contributed by atoms with Crippen molar-refractivity contribution in [3.05, 3.63) is 45.6 Å². The van der Waals surface area contributed by atoms with Crippen LogP contribution in [-0.2, 0) is 27.3 Å². The van der Waals surface area contributed by atoms with Crippen molar-refractivity contribution in [2.45, 2.75) is 67.4 Å². The lowest BCUT2D eigenvalue weighted by atomic mass is 9.92. The molecule has 0 saturated heterocycles. The van der Waals surface area contributed by atoms with E-state index >= 15 is 0 Å². The van der Waals surface area contributed by atoms with Gasteiger partial charge in [0.15, 0.2) is 6.29 Å². The molecule has 0 unspecified atom stereocenters. The van der Waals surface area contributed by atoms with Crippen molar-refractivity contribution in [1.29, 1.82) is 0 Å². The number of aldehydes is 1. The van der Waals surface area contributed by atoms with E-state index < -0.39 is 17.4 Å². The Morgan fingerprint density at radius 2 is 1.53 bits per heavy atom. The standard InChI is InChI=1S/C27H38O7/c1-17(2)11-10-12-18(3)13-14-19-23(31-7)20(15-28)21(16-34-26(30)27(4,5)6)22(24(19)32-8)25(29)33-9/h11,13,15H,10,12,14,16H2,1-9H3/b18-13+. The number of carbonyl (C=O) groups excluding carboxylic acids is 3. The predicted octanol–water partition coefficient (Wildman–Crippen LogP) is 5.63. The van der Waals surface area contributed by atoms with Crippen LogP contribution in [0.2, 0.25) is 0 Å². The number of carbonyl (C=O) groups is 3. The third-order valence-corrected chi connectivity index (χ3v) is 5.27. The molecule has 0 spiro atoms. The van der Waals surface area contributed by atoms with Crippen LogP contribution in [0.15, 0.2) is 23.3 Å². The van der Waals surface area contributed by atoms with E-state index in [1.807, 2.05) is 13.0 Å². The fourth-order valence-electron chi connectivity index (χ4n) is 3.38. The van der Waals surface area contributed by atoms with Crippen molar-refractivity contribution in [2.24, 2.45) is 5.41 Å². The minimum absolute atomic E-state index is 0.0419. The lowest BCUT2D eigenvalue weighted by Gasteiger charge is -2.23. The van der Waals surface area contributed by atoms with Gasteiger partial charge < -0.3 is 18.9 Å². The molecule has 0 N–H and O–H groups in total. The molecule has 7 nitrogen and oxygen atoms in total. The summed E-state index contributed by atoms with van der Waals surface area (Å²) >= 11 is 0. The Kier molecular flexibility index (Phi) is 11.0. The molecular formula is C27H38O7. The van der Waals surface area contributed by atoms with E-state index in [2.05, 4.69) is 19.9 Å². The zero-order valence-corrected chi connectivity index (χ0v) is 21.9. The summed E-state index contributed by atoms with van der Waals surface area (Å²) in [6.07, 6.45) is 6.96. The molecule has 0 bridgehead atoms. The molecule has 0 aliphatic rings. The van der Waals surface area contributed by atoms with Gasteiger partial charge in [0.05, 0.1) is 32.3 Å². The van der Waals surface area contributed by atoms with Crippen molar-refractivity contribution in [2.75, 3.05) is 21.3 Å². The smallest absolute Gasteiger partial charge is 0.342 e. The molecule has 0 aromatic heterocycles. The summed E-state index contributed by atoms with van der Waals surface area (Å²) in [5, 5.41) is 0. The molecule has 0 atom stereocenters. The summed E-state index contributed by atoms with van der Waals surface area (Å²) in [4.78, 5) is 37.3. The zero-order chi connectivity index (χ0) is 26.1. The average Bonchev–Trinajstić information content (AvgIpc) is 2.78. The number of esters is 2. The topological polar surface area (TPSA) is 88.1 Å². The van der Waals surface area contributed by atoms with Crippen molar-refractivity contribution >= 4 is 18.2 Å².